The molecular weight excluding hydrogens is 267 g/mol. The second kappa shape index (κ2) is 8.92. The summed E-state index contributed by atoms with van der Waals surface area (Å²) in [6, 6.07) is 0. The van der Waals surface area contributed by atoms with E-state index in [2.05, 4.69) is 10.7 Å². The molecule has 0 aliphatic rings. The van der Waals surface area contributed by atoms with Crippen LogP contribution in [0.15, 0.2) is 0 Å². The number of aliphatic hydroxyl groups is 3. The van der Waals surface area contributed by atoms with Crippen LogP contribution in [0.5, 0.6) is 0 Å². The van der Waals surface area contributed by atoms with E-state index in [1.54, 1.807) is 21.1 Å². The molecule has 0 bridgehead atoms. The molecule has 0 aromatic rings. The van der Waals surface area contributed by atoms with E-state index in [1.165, 1.54) is 0 Å². The maximum atomic E-state index is 10.4. The molecule has 0 heterocycles. The zero-order valence-corrected chi connectivity index (χ0v) is 11.7. The largest absolute Gasteiger partial charge is 0.393 e. The van der Waals surface area contributed by atoms with Crippen molar-refractivity contribution in [2.24, 2.45) is 5.90 Å². The summed E-state index contributed by atoms with van der Waals surface area (Å²) in [7, 11) is 0.933. The Morgan fingerprint density at radius 1 is 1.22 bits per heavy atom. The molecule has 9 nitrogen and oxygen atoms in total. The molecule has 112 valence electrons. The van der Waals surface area contributed by atoms with E-state index in [9.17, 15) is 4.57 Å². The zero-order chi connectivity index (χ0) is 15.0. The molecule has 10 heteroatoms. The molecule has 0 radical (unpaired) electrons. The maximum Gasteiger partial charge on any atom is 0.359 e. The lowest BCUT2D eigenvalue weighted by Crippen LogP contribution is -2.41. The Bertz CT molecular complexity index is 243. The minimum absolute atomic E-state index is 0.0459. The van der Waals surface area contributed by atoms with Gasteiger partial charge in [-0.15, -0.1) is 0 Å². The highest BCUT2D eigenvalue weighted by Crippen LogP contribution is 2.39. The molecule has 1 atom stereocenters. The lowest BCUT2D eigenvalue weighted by atomic mass is 10.4. The van der Waals surface area contributed by atoms with Gasteiger partial charge in [0.2, 0.25) is 5.85 Å². The smallest absolute Gasteiger partial charge is 0.359 e. The van der Waals surface area contributed by atoms with Crippen LogP contribution in [0.25, 0.3) is 0 Å². The summed E-state index contributed by atoms with van der Waals surface area (Å²) in [6.45, 7) is -0.440. The number of nitrogens with zero attached hydrogens (tertiary/aromatic N) is 1. The van der Waals surface area contributed by atoms with Gasteiger partial charge in [-0.3, -0.25) is 9.40 Å². The van der Waals surface area contributed by atoms with Crippen LogP contribution in [0.1, 0.15) is 0 Å². The summed E-state index contributed by atoms with van der Waals surface area (Å²) in [5.41, 5.74) is 0. The third-order valence-corrected chi connectivity index (χ3v) is 2.64. The van der Waals surface area contributed by atoms with Crippen LogP contribution in [-0.4, -0.2) is 82.4 Å². The topological polar surface area (TPSA) is 153 Å². The highest BCUT2D eigenvalue weighted by atomic mass is 31.2. The van der Waals surface area contributed by atoms with Crippen molar-refractivity contribution >= 4 is 7.60 Å². The molecule has 7 N–H and O–H groups in total. The first-order valence-electron chi connectivity index (χ1n) is 5.09. The van der Waals surface area contributed by atoms with Crippen molar-refractivity contribution in [3.63, 3.8) is 0 Å². The average molecular weight is 291 g/mol. The van der Waals surface area contributed by atoms with Crippen LogP contribution in [0.3, 0.4) is 0 Å². The summed E-state index contributed by atoms with van der Waals surface area (Å²) in [5, 5.41) is 25.3. The molecule has 0 saturated heterocycles. The molecule has 0 aromatic heterocycles. The van der Waals surface area contributed by atoms with Gasteiger partial charge in [0, 0.05) is 0 Å². The number of likely N-dealkylation sites (N-methyl/N-ethyl adjacent to an activating group) is 1. The molecule has 0 amide bonds. The lowest BCUT2D eigenvalue weighted by Gasteiger charge is -2.26. The number of hydrogen-bond donors (Lipinski definition) is 6. The van der Waals surface area contributed by atoms with Gasteiger partial charge >= 0.3 is 7.60 Å². The Balaban J connectivity index is 0. The first kappa shape index (κ1) is 20.2. The van der Waals surface area contributed by atoms with Crippen LogP contribution in [0.4, 0.5) is 0 Å². The number of aliphatic hydroxyl groups excluding tert-OH is 3. The van der Waals surface area contributed by atoms with Crippen molar-refractivity contribution in [3.8, 4) is 0 Å². The Kier molecular flexibility index (Phi) is 10.0. The van der Waals surface area contributed by atoms with E-state index < -0.39 is 19.5 Å². The first-order chi connectivity index (χ1) is 7.97. The first-order valence-corrected chi connectivity index (χ1v) is 6.77. The Labute approximate surface area is 106 Å². The van der Waals surface area contributed by atoms with Crippen LogP contribution >= 0.6 is 7.60 Å². The summed E-state index contributed by atoms with van der Waals surface area (Å²) >= 11 is 0. The fraction of sp³-hybridized carbons (Fsp3) is 1.00. The van der Waals surface area contributed by atoms with Crippen molar-refractivity contribution in [2.45, 2.75) is 11.9 Å². The molecule has 0 spiro atoms. The van der Waals surface area contributed by atoms with Crippen LogP contribution < -0.4 is 5.90 Å². The predicted molar refractivity (Wildman–Crippen MR) is 64.2 cm³/mol. The molecule has 0 saturated carbocycles. The highest BCUT2D eigenvalue weighted by Gasteiger charge is 2.31. The number of nitrogens with two attached hydrogens (primary N) is 1. The van der Waals surface area contributed by atoms with Crippen molar-refractivity contribution in [1.82, 2.24) is 0 Å². The van der Waals surface area contributed by atoms with Crippen molar-refractivity contribution in [1.29, 1.82) is 0 Å². The number of quaternary nitrogens is 1. The van der Waals surface area contributed by atoms with E-state index in [0.717, 1.165) is 0 Å². The van der Waals surface area contributed by atoms with Crippen LogP contribution in [0.2, 0.25) is 0 Å². The Morgan fingerprint density at radius 2 is 1.61 bits per heavy atom. The van der Waals surface area contributed by atoms with Gasteiger partial charge in [-0.2, -0.15) is 0 Å². The predicted octanol–water partition coefficient (Wildman–Crippen LogP) is -2.58. The normalized spacial score (nSPS) is 14.1. The van der Waals surface area contributed by atoms with E-state index in [-0.39, 0.29) is 19.8 Å². The van der Waals surface area contributed by atoms with E-state index in [1.807, 2.05) is 0 Å². The van der Waals surface area contributed by atoms with Gasteiger partial charge in [0.1, 0.15) is 12.6 Å². The van der Waals surface area contributed by atoms with Gasteiger partial charge in [-0.1, -0.05) is 0 Å². The quantitative estimate of drug-likeness (QED) is 0.177. The standard InChI is InChI=1S/C5H14NO4P.C3H9NO3/c1-6(2,3)4-5(7)11(8,9)10;4-7-3(1-5)2-6/h5,7H,4H2,1-3H3,(H-,8,9,10);3,5-6H,1-2,4H2/p+1. The average Bonchev–Trinajstić information content (AvgIpc) is 2.17. The summed E-state index contributed by atoms with van der Waals surface area (Å²) < 4.78 is 10.8. The minimum Gasteiger partial charge on any atom is -0.393 e. The Morgan fingerprint density at radius 3 is 1.67 bits per heavy atom. The maximum absolute atomic E-state index is 10.4. The van der Waals surface area contributed by atoms with Gasteiger partial charge in [-0.05, 0) is 0 Å². The van der Waals surface area contributed by atoms with E-state index >= 15 is 0 Å². The molecular formula is C8H24N2O7P+. The monoisotopic (exact) mass is 291 g/mol. The van der Waals surface area contributed by atoms with Gasteiger partial charge in [0.15, 0.2) is 0 Å². The molecule has 0 aliphatic heterocycles. The third kappa shape index (κ3) is 12.4. The fourth-order valence-corrected chi connectivity index (χ4v) is 1.44. The third-order valence-electron chi connectivity index (χ3n) is 1.70. The van der Waals surface area contributed by atoms with E-state index in [4.69, 9.17) is 25.1 Å². The Hall–Kier alpha value is -0.0900. The molecule has 1 unspecified atom stereocenters. The summed E-state index contributed by atoms with van der Waals surface area (Å²) in [4.78, 5) is 21.0. The van der Waals surface area contributed by atoms with Crippen molar-refractivity contribution < 1.29 is 39.0 Å². The van der Waals surface area contributed by atoms with Crippen molar-refractivity contribution in [2.75, 3.05) is 40.9 Å². The zero-order valence-electron chi connectivity index (χ0n) is 10.8. The van der Waals surface area contributed by atoms with Gasteiger partial charge in [0.05, 0.1) is 34.4 Å². The van der Waals surface area contributed by atoms with Gasteiger partial charge in [0.25, 0.3) is 0 Å². The second-order valence-electron chi connectivity index (χ2n) is 4.67. The lowest BCUT2D eigenvalue weighted by molar-refractivity contribution is -0.872. The van der Waals surface area contributed by atoms with Gasteiger partial charge in [-0.25, -0.2) is 5.90 Å². The van der Waals surface area contributed by atoms with Crippen LogP contribution in [0, 0.1) is 0 Å². The van der Waals surface area contributed by atoms with Gasteiger partial charge < -0.3 is 29.6 Å². The van der Waals surface area contributed by atoms with E-state index in [0.29, 0.717) is 4.48 Å². The summed E-state index contributed by atoms with van der Waals surface area (Å²) in [5.74, 6) is 3.02. The fourth-order valence-electron chi connectivity index (χ4n) is 0.740. The van der Waals surface area contributed by atoms with Crippen LogP contribution in [-0.2, 0) is 9.40 Å². The molecule has 0 rings (SSSR count). The highest BCUT2D eigenvalue weighted by molar-refractivity contribution is 7.52. The molecule has 18 heavy (non-hydrogen) atoms. The minimum atomic E-state index is -4.31. The number of hydrogen-bond acceptors (Lipinski definition) is 6. The van der Waals surface area contributed by atoms with Crippen molar-refractivity contribution in [3.05, 3.63) is 0 Å². The molecule has 0 aliphatic carbocycles. The number of rotatable bonds is 6. The second-order valence-corrected chi connectivity index (χ2v) is 6.44. The summed E-state index contributed by atoms with van der Waals surface area (Å²) in [6.07, 6.45) is -0.625. The molecule has 0 aromatic carbocycles. The molecule has 0 fully saturated rings. The SMILES string of the molecule is C[N+](C)(C)CC(O)P(=O)(O)O.NOC(CO)CO.